The molecule has 4 nitrogen and oxygen atoms in total. The van der Waals surface area contributed by atoms with E-state index in [9.17, 15) is 4.79 Å². The number of rotatable bonds is 4. The molecule has 0 spiro atoms. The van der Waals surface area contributed by atoms with Crippen LogP contribution >= 0.6 is 11.3 Å². The monoisotopic (exact) mass is 325 g/mol. The van der Waals surface area contributed by atoms with Crippen LogP contribution < -0.4 is 4.74 Å². The fraction of sp³-hybridized carbons (Fsp3) is 0.111. The average Bonchev–Trinajstić information content (AvgIpc) is 3.02. The number of aromatic carboxylic acids is 1. The van der Waals surface area contributed by atoms with Crippen LogP contribution in [0.4, 0.5) is 0 Å². The Labute approximate surface area is 138 Å². The minimum Gasteiger partial charge on any atom is -0.476 e. The summed E-state index contributed by atoms with van der Waals surface area (Å²) >= 11 is 1.31. The Morgan fingerprint density at radius 1 is 1.04 bits per heavy atom. The number of carbonyl (C=O) groups is 1. The molecule has 23 heavy (non-hydrogen) atoms. The number of carboxylic acids is 1. The second-order valence-electron chi connectivity index (χ2n) is 5.22. The third-order valence-electron chi connectivity index (χ3n) is 3.54. The van der Waals surface area contributed by atoms with Gasteiger partial charge in [0.25, 0.3) is 0 Å². The van der Waals surface area contributed by atoms with Crippen LogP contribution in [-0.4, -0.2) is 16.1 Å². The zero-order chi connectivity index (χ0) is 16.4. The van der Waals surface area contributed by atoms with Gasteiger partial charge in [0, 0.05) is 10.9 Å². The number of aromatic nitrogens is 1. The first-order chi connectivity index (χ1) is 11.0. The molecule has 0 radical (unpaired) electrons. The van der Waals surface area contributed by atoms with Crippen LogP contribution in [0.5, 0.6) is 11.5 Å². The zero-order valence-electron chi connectivity index (χ0n) is 12.7. The normalized spacial score (nSPS) is 10.5. The highest BCUT2D eigenvalue weighted by atomic mass is 32.1. The minimum atomic E-state index is -1.01. The molecule has 0 fully saturated rings. The Morgan fingerprint density at radius 3 is 2.35 bits per heavy atom. The first-order valence-electron chi connectivity index (χ1n) is 7.07. The van der Waals surface area contributed by atoms with Crippen LogP contribution in [0.2, 0.25) is 0 Å². The van der Waals surface area contributed by atoms with Crippen molar-refractivity contribution in [1.29, 1.82) is 0 Å². The molecule has 3 rings (SSSR count). The van der Waals surface area contributed by atoms with Gasteiger partial charge in [0.1, 0.15) is 16.5 Å². The van der Waals surface area contributed by atoms with E-state index >= 15 is 0 Å². The maximum atomic E-state index is 10.9. The molecular weight excluding hydrogens is 310 g/mol. The number of hydrogen-bond donors (Lipinski definition) is 1. The quantitative estimate of drug-likeness (QED) is 0.740. The molecule has 0 atom stereocenters. The number of aryl methyl sites for hydroxylation is 2. The molecule has 1 heterocycles. The Morgan fingerprint density at radius 2 is 1.74 bits per heavy atom. The fourth-order valence-corrected chi connectivity index (χ4v) is 2.88. The maximum Gasteiger partial charge on any atom is 0.355 e. The molecule has 0 aliphatic rings. The van der Waals surface area contributed by atoms with Crippen molar-refractivity contribution in [1.82, 2.24) is 4.98 Å². The standard InChI is InChI=1S/C18H15NO3S/c1-11-3-6-15(9-12(11)2)22-14-7-4-13(5-8-14)17-19-16(10-23-17)18(20)21/h3-10H,1-2H3,(H,20,21). The number of benzene rings is 2. The van der Waals surface area contributed by atoms with Gasteiger partial charge in [-0.1, -0.05) is 6.07 Å². The van der Waals surface area contributed by atoms with E-state index in [2.05, 4.69) is 11.9 Å². The Bertz CT molecular complexity index is 853. The summed E-state index contributed by atoms with van der Waals surface area (Å²) in [4.78, 5) is 15.0. The molecule has 0 aliphatic heterocycles. The molecule has 1 N–H and O–H groups in total. The van der Waals surface area contributed by atoms with Crippen molar-refractivity contribution in [2.75, 3.05) is 0 Å². The van der Waals surface area contributed by atoms with Crippen molar-refractivity contribution in [3.8, 4) is 22.1 Å². The second kappa shape index (κ2) is 6.22. The summed E-state index contributed by atoms with van der Waals surface area (Å²) in [6, 6.07) is 13.4. The molecule has 1 aromatic heterocycles. The van der Waals surface area contributed by atoms with E-state index in [4.69, 9.17) is 9.84 Å². The summed E-state index contributed by atoms with van der Waals surface area (Å²) in [5.74, 6) is 0.512. The third-order valence-corrected chi connectivity index (χ3v) is 4.43. The molecule has 5 heteroatoms. The van der Waals surface area contributed by atoms with E-state index in [-0.39, 0.29) is 5.69 Å². The first-order valence-corrected chi connectivity index (χ1v) is 7.95. The van der Waals surface area contributed by atoms with E-state index in [0.717, 1.165) is 17.1 Å². The summed E-state index contributed by atoms with van der Waals surface area (Å²) in [5, 5.41) is 11.1. The van der Waals surface area contributed by atoms with Crippen molar-refractivity contribution >= 4 is 17.3 Å². The van der Waals surface area contributed by atoms with E-state index in [1.807, 2.05) is 49.4 Å². The highest BCUT2D eigenvalue weighted by Gasteiger charge is 2.10. The van der Waals surface area contributed by atoms with E-state index in [1.165, 1.54) is 27.8 Å². The van der Waals surface area contributed by atoms with E-state index < -0.39 is 5.97 Å². The van der Waals surface area contributed by atoms with Crippen molar-refractivity contribution in [2.45, 2.75) is 13.8 Å². The Balaban J connectivity index is 1.78. The van der Waals surface area contributed by atoms with Gasteiger partial charge < -0.3 is 9.84 Å². The van der Waals surface area contributed by atoms with Gasteiger partial charge in [-0.2, -0.15) is 0 Å². The van der Waals surface area contributed by atoms with Crippen LogP contribution in [0.3, 0.4) is 0 Å². The van der Waals surface area contributed by atoms with Gasteiger partial charge in [-0.05, 0) is 61.4 Å². The molecule has 0 unspecified atom stereocenters. The smallest absolute Gasteiger partial charge is 0.355 e. The van der Waals surface area contributed by atoms with E-state index in [0.29, 0.717) is 5.01 Å². The Kier molecular flexibility index (Phi) is 4.12. The summed E-state index contributed by atoms with van der Waals surface area (Å²) < 4.78 is 5.84. The zero-order valence-corrected chi connectivity index (χ0v) is 13.6. The lowest BCUT2D eigenvalue weighted by Gasteiger charge is -2.08. The molecular formula is C18H15NO3S. The largest absolute Gasteiger partial charge is 0.476 e. The van der Waals surface area contributed by atoms with Gasteiger partial charge in [0.15, 0.2) is 5.69 Å². The van der Waals surface area contributed by atoms with Crippen LogP contribution in [0.25, 0.3) is 10.6 Å². The molecule has 116 valence electrons. The number of hydrogen-bond acceptors (Lipinski definition) is 4. The van der Waals surface area contributed by atoms with E-state index in [1.54, 1.807) is 0 Å². The SMILES string of the molecule is Cc1ccc(Oc2ccc(-c3nc(C(=O)O)cs3)cc2)cc1C. The molecule has 0 bridgehead atoms. The molecule has 0 saturated carbocycles. The first kappa shape index (κ1) is 15.2. The predicted molar refractivity (Wildman–Crippen MR) is 90.5 cm³/mol. The maximum absolute atomic E-state index is 10.9. The van der Waals surface area contributed by atoms with Crippen molar-refractivity contribution in [2.24, 2.45) is 0 Å². The third kappa shape index (κ3) is 3.40. The van der Waals surface area contributed by atoms with Crippen LogP contribution in [0.15, 0.2) is 47.8 Å². The lowest BCUT2D eigenvalue weighted by atomic mass is 10.1. The lowest BCUT2D eigenvalue weighted by molar-refractivity contribution is 0.0691. The fourth-order valence-electron chi connectivity index (χ4n) is 2.08. The van der Waals surface area contributed by atoms with Gasteiger partial charge in [0.05, 0.1) is 0 Å². The highest BCUT2D eigenvalue weighted by Crippen LogP contribution is 2.28. The second-order valence-corrected chi connectivity index (χ2v) is 6.07. The number of carboxylic acid groups (broad SMARTS) is 1. The number of nitrogens with zero attached hydrogens (tertiary/aromatic N) is 1. The number of thiazole rings is 1. The summed E-state index contributed by atoms with van der Waals surface area (Å²) in [5.41, 5.74) is 3.35. The van der Waals surface area contributed by atoms with Crippen molar-refractivity contribution in [3.63, 3.8) is 0 Å². The average molecular weight is 325 g/mol. The van der Waals surface area contributed by atoms with Gasteiger partial charge in [0.2, 0.25) is 0 Å². The summed E-state index contributed by atoms with van der Waals surface area (Å²) in [6.07, 6.45) is 0. The van der Waals surface area contributed by atoms with Crippen LogP contribution in [-0.2, 0) is 0 Å². The van der Waals surface area contributed by atoms with Gasteiger partial charge in [-0.25, -0.2) is 9.78 Å². The summed E-state index contributed by atoms with van der Waals surface area (Å²) in [6.45, 7) is 4.11. The molecule has 2 aromatic carbocycles. The molecule has 0 amide bonds. The van der Waals surface area contributed by atoms with Gasteiger partial charge in [-0.3, -0.25) is 0 Å². The topological polar surface area (TPSA) is 59.4 Å². The molecule has 0 saturated heterocycles. The lowest BCUT2D eigenvalue weighted by Crippen LogP contribution is -1.95. The summed E-state index contributed by atoms with van der Waals surface area (Å²) in [7, 11) is 0. The molecule has 3 aromatic rings. The predicted octanol–water partition coefficient (Wildman–Crippen LogP) is 4.92. The number of ether oxygens (including phenoxy) is 1. The minimum absolute atomic E-state index is 0.0699. The van der Waals surface area contributed by atoms with Crippen LogP contribution in [0.1, 0.15) is 21.6 Å². The van der Waals surface area contributed by atoms with Crippen molar-refractivity contribution in [3.05, 3.63) is 64.7 Å². The Hall–Kier alpha value is -2.66. The highest BCUT2D eigenvalue weighted by molar-refractivity contribution is 7.13. The van der Waals surface area contributed by atoms with Gasteiger partial charge in [-0.15, -0.1) is 11.3 Å². The van der Waals surface area contributed by atoms with Crippen LogP contribution in [0, 0.1) is 13.8 Å². The van der Waals surface area contributed by atoms with Crippen molar-refractivity contribution < 1.29 is 14.6 Å². The molecule has 0 aliphatic carbocycles. The van der Waals surface area contributed by atoms with Gasteiger partial charge >= 0.3 is 5.97 Å².